The Bertz CT molecular complexity index is 874. The number of nitrogens with zero attached hydrogens (tertiary/aromatic N) is 2. The van der Waals surface area contributed by atoms with Crippen molar-refractivity contribution in [1.82, 2.24) is 9.96 Å². The summed E-state index contributed by atoms with van der Waals surface area (Å²) in [4.78, 5) is 54.1. The summed E-state index contributed by atoms with van der Waals surface area (Å²) in [5.41, 5.74) is 0.928. The third-order valence-corrected chi connectivity index (χ3v) is 5.07. The first kappa shape index (κ1) is 31.9. The van der Waals surface area contributed by atoms with Gasteiger partial charge in [0.15, 0.2) is 0 Å². The predicted octanol–water partition coefficient (Wildman–Crippen LogP) is 5.06. The Morgan fingerprint density at radius 2 is 1.71 bits per heavy atom. The standard InChI is InChI=1S/C21H22N2O5S.C4H10.C2H6/c1-2-14-22(15-6-8-16-7-3-4-9-17(16)29)18(24)10-5-11-21(27)28-23-19(25)12-13-20(23)26;1-3-4-2;1-2/h1,3-4,6-9,29H,5,10-15H2;3-4H2,1-2H3;1-2H3/b8-6+;;. The van der Waals surface area contributed by atoms with Gasteiger partial charge in [0, 0.05) is 37.1 Å². The normalized spacial score (nSPS) is 12.3. The zero-order chi connectivity index (χ0) is 26.6. The first-order valence-electron chi connectivity index (χ1n) is 12.1. The minimum Gasteiger partial charge on any atom is -0.330 e. The third-order valence-electron chi connectivity index (χ3n) is 4.67. The molecule has 0 radical (unpaired) electrons. The minimum absolute atomic E-state index is 0.0386. The number of benzene rings is 1. The third kappa shape index (κ3) is 12.8. The number of unbranched alkanes of at least 4 members (excludes halogenated alkanes) is 1. The van der Waals surface area contributed by atoms with E-state index in [1.165, 1.54) is 17.7 Å². The van der Waals surface area contributed by atoms with Gasteiger partial charge < -0.3 is 9.74 Å². The maximum Gasteiger partial charge on any atom is 0.333 e. The zero-order valence-electron chi connectivity index (χ0n) is 21.3. The van der Waals surface area contributed by atoms with Crippen molar-refractivity contribution in [2.24, 2.45) is 0 Å². The molecule has 192 valence electrons. The van der Waals surface area contributed by atoms with Crippen LogP contribution in [0.3, 0.4) is 0 Å². The van der Waals surface area contributed by atoms with Crippen molar-refractivity contribution < 1.29 is 24.0 Å². The Morgan fingerprint density at radius 1 is 1.11 bits per heavy atom. The van der Waals surface area contributed by atoms with Gasteiger partial charge in [-0.15, -0.1) is 24.1 Å². The van der Waals surface area contributed by atoms with E-state index < -0.39 is 17.8 Å². The van der Waals surface area contributed by atoms with Crippen molar-refractivity contribution in [3.05, 3.63) is 35.9 Å². The van der Waals surface area contributed by atoms with Crippen LogP contribution in [0.5, 0.6) is 0 Å². The summed E-state index contributed by atoms with van der Waals surface area (Å²) < 4.78 is 0. The molecule has 0 saturated carbocycles. The number of rotatable bonds is 10. The second kappa shape index (κ2) is 19.3. The monoisotopic (exact) mass is 502 g/mol. The Labute approximate surface area is 215 Å². The zero-order valence-corrected chi connectivity index (χ0v) is 22.2. The summed E-state index contributed by atoms with van der Waals surface area (Å²) in [6, 6.07) is 7.56. The largest absolute Gasteiger partial charge is 0.333 e. The molecule has 2 rings (SSSR count). The predicted molar refractivity (Wildman–Crippen MR) is 141 cm³/mol. The van der Waals surface area contributed by atoms with E-state index in [2.05, 4.69) is 32.4 Å². The molecule has 0 atom stereocenters. The number of hydroxylamine groups is 2. The molecule has 0 bridgehead atoms. The number of hydrogen-bond acceptors (Lipinski definition) is 6. The summed E-state index contributed by atoms with van der Waals surface area (Å²) >= 11 is 4.37. The van der Waals surface area contributed by atoms with Gasteiger partial charge >= 0.3 is 5.97 Å². The molecular weight excluding hydrogens is 464 g/mol. The molecule has 1 aromatic carbocycles. The highest BCUT2D eigenvalue weighted by Gasteiger charge is 2.32. The van der Waals surface area contributed by atoms with Crippen LogP contribution < -0.4 is 0 Å². The fourth-order valence-corrected chi connectivity index (χ4v) is 2.88. The van der Waals surface area contributed by atoms with Crippen molar-refractivity contribution in [2.75, 3.05) is 13.1 Å². The van der Waals surface area contributed by atoms with E-state index in [4.69, 9.17) is 11.3 Å². The van der Waals surface area contributed by atoms with Crippen LogP contribution in [-0.2, 0) is 24.0 Å². The number of hydrogen-bond donors (Lipinski definition) is 1. The molecular formula is C27H38N2O5S. The minimum atomic E-state index is -0.727. The van der Waals surface area contributed by atoms with Gasteiger partial charge in [0.1, 0.15) is 0 Å². The van der Waals surface area contributed by atoms with Crippen LogP contribution >= 0.6 is 12.6 Å². The number of imide groups is 1. The lowest BCUT2D eigenvalue weighted by molar-refractivity contribution is -0.197. The van der Waals surface area contributed by atoms with Crippen molar-refractivity contribution >= 4 is 42.4 Å². The van der Waals surface area contributed by atoms with E-state index in [0.29, 0.717) is 11.6 Å². The number of amides is 3. The summed E-state index contributed by atoms with van der Waals surface area (Å²) in [5.74, 6) is 0.455. The first-order chi connectivity index (χ1) is 16.8. The molecule has 0 N–H and O–H groups in total. The topological polar surface area (TPSA) is 84.0 Å². The Kier molecular flexibility index (Phi) is 17.6. The second-order valence-corrected chi connectivity index (χ2v) is 7.82. The van der Waals surface area contributed by atoms with E-state index in [-0.39, 0.29) is 44.6 Å². The summed E-state index contributed by atoms with van der Waals surface area (Å²) in [6.45, 7) is 8.83. The lowest BCUT2D eigenvalue weighted by Crippen LogP contribution is -2.33. The van der Waals surface area contributed by atoms with Gasteiger partial charge in [-0.3, -0.25) is 14.4 Å². The fourth-order valence-electron chi connectivity index (χ4n) is 2.65. The first-order valence-corrected chi connectivity index (χ1v) is 12.5. The molecule has 7 nitrogen and oxygen atoms in total. The molecule has 0 aromatic heterocycles. The molecule has 8 heteroatoms. The maximum absolute atomic E-state index is 12.4. The lowest BCUT2D eigenvalue weighted by atomic mass is 10.2. The molecule has 0 unspecified atom stereocenters. The van der Waals surface area contributed by atoms with E-state index in [1.807, 2.05) is 50.3 Å². The van der Waals surface area contributed by atoms with Crippen LogP contribution in [0.15, 0.2) is 35.2 Å². The molecule has 1 aliphatic heterocycles. The van der Waals surface area contributed by atoms with Crippen LogP contribution in [0, 0.1) is 12.3 Å². The molecule has 3 amide bonds. The van der Waals surface area contributed by atoms with Crippen molar-refractivity contribution in [3.63, 3.8) is 0 Å². The van der Waals surface area contributed by atoms with Crippen LogP contribution in [0.4, 0.5) is 0 Å². The molecule has 0 spiro atoms. The van der Waals surface area contributed by atoms with Crippen LogP contribution in [0.25, 0.3) is 6.08 Å². The van der Waals surface area contributed by atoms with Gasteiger partial charge in [0.2, 0.25) is 5.91 Å². The van der Waals surface area contributed by atoms with E-state index >= 15 is 0 Å². The highest BCUT2D eigenvalue weighted by molar-refractivity contribution is 7.80. The molecule has 1 aromatic rings. The second-order valence-electron chi connectivity index (χ2n) is 7.34. The van der Waals surface area contributed by atoms with Gasteiger partial charge in [-0.25, -0.2) is 4.79 Å². The Balaban J connectivity index is 0.00000174. The molecule has 1 aliphatic rings. The van der Waals surface area contributed by atoms with Crippen molar-refractivity contribution in [2.45, 2.75) is 77.5 Å². The number of thiol groups is 1. The van der Waals surface area contributed by atoms with Crippen molar-refractivity contribution in [3.8, 4) is 12.3 Å². The van der Waals surface area contributed by atoms with Crippen LogP contribution in [0.2, 0.25) is 0 Å². The Morgan fingerprint density at radius 3 is 2.26 bits per heavy atom. The van der Waals surface area contributed by atoms with Gasteiger partial charge in [-0.1, -0.05) is 76.8 Å². The average Bonchev–Trinajstić information content (AvgIpc) is 3.18. The molecule has 1 heterocycles. The van der Waals surface area contributed by atoms with E-state index in [0.717, 1.165) is 10.5 Å². The number of carbonyl (C=O) groups excluding carboxylic acids is 4. The van der Waals surface area contributed by atoms with E-state index in [9.17, 15) is 19.2 Å². The quantitative estimate of drug-likeness (QED) is 0.275. The van der Waals surface area contributed by atoms with Crippen LogP contribution in [0.1, 0.15) is 78.2 Å². The molecule has 1 saturated heterocycles. The van der Waals surface area contributed by atoms with Crippen LogP contribution in [-0.4, -0.2) is 46.7 Å². The van der Waals surface area contributed by atoms with E-state index in [1.54, 1.807) is 0 Å². The van der Waals surface area contributed by atoms with Gasteiger partial charge in [-0.05, 0) is 18.1 Å². The molecule has 0 aliphatic carbocycles. The smallest absolute Gasteiger partial charge is 0.330 e. The fraction of sp³-hybridized carbons (Fsp3) is 0.481. The Hall–Kier alpha value is -3.05. The summed E-state index contributed by atoms with van der Waals surface area (Å²) in [5, 5.41) is 0.499. The summed E-state index contributed by atoms with van der Waals surface area (Å²) in [6.07, 6.45) is 12.0. The van der Waals surface area contributed by atoms with Crippen molar-refractivity contribution in [1.29, 1.82) is 0 Å². The van der Waals surface area contributed by atoms with Gasteiger partial charge in [0.25, 0.3) is 11.8 Å². The van der Waals surface area contributed by atoms with Gasteiger partial charge in [0.05, 0.1) is 6.54 Å². The lowest BCUT2D eigenvalue weighted by Gasteiger charge is -2.18. The highest BCUT2D eigenvalue weighted by atomic mass is 32.1. The molecule has 35 heavy (non-hydrogen) atoms. The van der Waals surface area contributed by atoms with Gasteiger partial charge in [-0.2, -0.15) is 0 Å². The SMILES string of the molecule is C#CCN(C/C=C/c1ccccc1S)C(=O)CCCC(=O)ON1C(=O)CCC1=O.CC.CCCC. The number of carbonyl (C=O) groups is 4. The highest BCUT2D eigenvalue weighted by Crippen LogP contribution is 2.15. The summed E-state index contributed by atoms with van der Waals surface area (Å²) in [7, 11) is 0. The molecule has 1 fully saturated rings. The number of terminal acetylenes is 1. The average molecular weight is 503 g/mol. The maximum atomic E-state index is 12.4.